The van der Waals surface area contributed by atoms with Crippen LogP contribution in [0.25, 0.3) is 11.0 Å². The molecule has 0 saturated heterocycles. The van der Waals surface area contributed by atoms with Crippen molar-refractivity contribution < 1.29 is 4.42 Å². The Morgan fingerprint density at radius 1 is 1.14 bits per heavy atom. The molecular formula is C18H17NOS. The molecule has 1 N–H and O–H groups in total. The van der Waals surface area contributed by atoms with Gasteiger partial charge in [0, 0.05) is 22.0 Å². The van der Waals surface area contributed by atoms with Crippen LogP contribution in [0.3, 0.4) is 0 Å². The highest BCUT2D eigenvalue weighted by molar-refractivity contribution is 7.99. The van der Waals surface area contributed by atoms with Gasteiger partial charge in [0.1, 0.15) is 11.3 Å². The number of thioether (sulfide) groups is 1. The van der Waals surface area contributed by atoms with Crippen LogP contribution >= 0.6 is 11.8 Å². The fourth-order valence-electron chi connectivity index (χ4n) is 3.16. The molecule has 106 valence electrons. The molecule has 2 heterocycles. The number of nitrogens with one attached hydrogen (secondary N) is 1. The summed E-state index contributed by atoms with van der Waals surface area (Å²) in [5, 5.41) is 4.63. The van der Waals surface area contributed by atoms with Crippen molar-refractivity contribution in [3.63, 3.8) is 0 Å². The molecule has 0 fully saturated rings. The van der Waals surface area contributed by atoms with E-state index in [1.807, 2.05) is 30.9 Å². The van der Waals surface area contributed by atoms with Crippen molar-refractivity contribution in [2.24, 2.45) is 0 Å². The number of fused-ring (bicyclic) bond motifs is 2. The summed E-state index contributed by atoms with van der Waals surface area (Å²) in [7, 11) is 2.02. The Hall–Kier alpha value is -1.71. The van der Waals surface area contributed by atoms with Gasteiger partial charge in [-0.05, 0) is 30.8 Å². The highest BCUT2D eigenvalue weighted by Crippen LogP contribution is 2.46. The van der Waals surface area contributed by atoms with Gasteiger partial charge in [-0.25, -0.2) is 0 Å². The monoisotopic (exact) mass is 295 g/mol. The second-order valence-electron chi connectivity index (χ2n) is 5.41. The number of furan rings is 1. The van der Waals surface area contributed by atoms with Crippen LogP contribution in [0.5, 0.6) is 0 Å². The van der Waals surface area contributed by atoms with E-state index in [2.05, 4.69) is 47.8 Å². The van der Waals surface area contributed by atoms with E-state index in [1.165, 1.54) is 15.8 Å². The summed E-state index contributed by atoms with van der Waals surface area (Å²) < 4.78 is 6.08. The van der Waals surface area contributed by atoms with Gasteiger partial charge in [0.25, 0.3) is 0 Å². The lowest BCUT2D eigenvalue weighted by atomic mass is 9.92. The number of para-hydroxylation sites is 1. The largest absolute Gasteiger partial charge is 0.459 e. The van der Waals surface area contributed by atoms with Gasteiger partial charge < -0.3 is 9.73 Å². The summed E-state index contributed by atoms with van der Waals surface area (Å²) in [6, 6.07) is 19.3. The van der Waals surface area contributed by atoms with Crippen molar-refractivity contribution in [2.75, 3.05) is 12.8 Å². The summed E-state index contributed by atoms with van der Waals surface area (Å²) in [5.41, 5.74) is 2.40. The van der Waals surface area contributed by atoms with Gasteiger partial charge in [-0.3, -0.25) is 0 Å². The van der Waals surface area contributed by atoms with Gasteiger partial charge in [-0.15, -0.1) is 11.8 Å². The highest BCUT2D eigenvalue weighted by Gasteiger charge is 2.32. The van der Waals surface area contributed by atoms with Gasteiger partial charge in [0.15, 0.2) is 0 Å². The molecule has 0 aliphatic carbocycles. The van der Waals surface area contributed by atoms with Crippen molar-refractivity contribution in [3.8, 4) is 0 Å². The first-order chi connectivity index (χ1) is 10.4. The molecule has 2 nitrogen and oxygen atoms in total. The first kappa shape index (κ1) is 13.0. The van der Waals surface area contributed by atoms with Gasteiger partial charge >= 0.3 is 0 Å². The second kappa shape index (κ2) is 5.24. The molecule has 1 aliphatic rings. The predicted molar refractivity (Wildman–Crippen MR) is 87.9 cm³/mol. The van der Waals surface area contributed by atoms with E-state index >= 15 is 0 Å². The Morgan fingerprint density at radius 3 is 2.81 bits per heavy atom. The maximum absolute atomic E-state index is 6.08. The van der Waals surface area contributed by atoms with Gasteiger partial charge in [0.05, 0.1) is 6.04 Å². The van der Waals surface area contributed by atoms with Crippen LogP contribution < -0.4 is 5.32 Å². The number of hydrogen-bond donors (Lipinski definition) is 1. The minimum absolute atomic E-state index is 0.216. The van der Waals surface area contributed by atoms with E-state index < -0.39 is 0 Å². The molecule has 0 saturated carbocycles. The zero-order valence-corrected chi connectivity index (χ0v) is 12.7. The maximum atomic E-state index is 6.08. The second-order valence-corrected chi connectivity index (χ2v) is 6.47. The fraction of sp³-hybridized carbons (Fsp3) is 0.222. The molecule has 2 aromatic carbocycles. The zero-order chi connectivity index (χ0) is 14.2. The van der Waals surface area contributed by atoms with Crippen LogP contribution in [-0.4, -0.2) is 12.8 Å². The molecule has 4 rings (SSSR count). The average Bonchev–Trinajstić information content (AvgIpc) is 3.13. The van der Waals surface area contributed by atoms with Crippen LogP contribution in [0.15, 0.2) is 63.9 Å². The standard InChI is InChI=1S/C18H17NOS/c1-19-18(14-11-21-17-9-5-3-7-13(14)17)16-10-12-6-2-4-8-15(12)20-16/h2-10,14,18-19H,11H2,1H3. The number of benzene rings is 2. The van der Waals surface area contributed by atoms with E-state index in [0.717, 1.165) is 17.1 Å². The molecule has 1 aromatic heterocycles. The van der Waals surface area contributed by atoms with Crippen molar-refractivity contribution in [2.45, 2.75) is 16.9 Å². The summed E-state index contributed by atoms with van der Waals surface area (Å²) in [6.07, 6.45) is 0. The third kappa shape index (κ3) is 2.17. The van der Waals surface area contributed by atoms with E-state index in [0.29, 0.717) is 5.92 Å². The molecule has 1 aliphatic heterocycles. The average molecular weight is 295 g/mol. The van der Waals surface area contributed by atoms with E-state index in [-0.39, 0.29) is 6.04 Å². The van der Waals surface area contributed by atoms with Crippen LogP contribution in [-0.2, 0) is 0 Å². The molecular weight excluding hydrogens is 278 g/mol. The molecule has 0 radical (unpaired) electrons. The van der Waals surface area contributed by atoms with Crippen LogP contribution in [0, 0.1) is 0 Å². The number of hydrogen-bond acceptors (Lipinski definition) is 3. The summed E-state index contributed by atoms with van der Waals surface area (Å²) in [4.78, 5) is 1.40. The molecule has 2 atom stereocenters. The lowest BCUT2D eigenvalue weighted by molar-refractivity contribution is 0.414. The van der Waals surface area contributed by atoms with Crippen LogP contribution in [0.1, 0.15) is 23.3 Å². The molecule has 21 heavy (non-hydrogen) atoms. The van der Waals surface area contributed by atoms with Crippen molar-refractivity contribution in [3.05, 3.63) is 65.9 Å². The lowest BCUT2D eigenvalue weighted by Crippen LogP contribution is -2.23. The molecule has 0 spiro atoms. The quantitative estimate of drug-likeness (QED) is 0.765. The summed E-state index contributed by atoms with van der Waals surface area (Å²) in [5.74, 6) is 2.58. The van der Waals surface area contributed by atoms with Crippen molar-refractivity contribution >= 4 is 22.7 Å². The predicted octanol–water partition coefficient (Wildman–Crippen LogP) is 4.58. The Morgan fingerprint density at radius 2 is 1.95 bits per heavy atom. The van der Waals surface area contributed by atoms with Gasteiger partial charge in [-0.2, -0.15) is 0 Å². The van der Waals surface area contributed by atoms with E-state index in [4.69, 9.17) is 4.42 Å². The molecule has 3 heteroatoms. The van der Waals surface area contributed by atoms with Gasteiger partial charge in [0.2, 0.25) is 0 Å². The Bertz CT molecular complexity index is 746. The normalized spacial score (nSPS) is 18.8. The van der Waals surface area contributed by atoms with Crippen LogP contribution in [0.4, 0.5) is 0 Å². The Kier molecular flexibility index (Phi) is 3.24. The lowest BCUT2D eigenvalue weighted by Gasteiger charge is -2.21. The molecule has 3 aromatic rings. The Labute approximate surface area is 128 Å². The number of rotatable bonds is 3. The van der Waals surface area contributed by atoms with Gasteiger partial charge in [-0.1, -0.05) is 36.4 Å². The molecule has 2 unspecified atom stereocenters. The SMILES string of the molecule is CNC(c1cc2ccccc2o1)C1CSc2ccccc21. The van der Waals surface area contributed by atoms with E-state index in [1.54, 1.807) is 0 Å². The summed E-state index contributed by atoms with van der Waals surface area (Å²) >= 11 is 1.94. The van der Waals surface area contributed by atoms with Crippen molar-refractivity contribution in [1.29, 1.82) is 0 Å². The highest BCUT2D eigenvalue weighted by atomic mass is 32.2. The van der Waals surface area contributed by atoms with Crippen LogP contribution in [0.2, 0.25) is 0 Å². The maximum Gasteiger partial charge on any atom is 0.134 e. The smallest absolute Gasteiger partial charge is 0.134 e. The first-order valence-corrected chi connectivity index (χ1v) is 8.23. The molecule has 0 amide bonds. The zero-order valence-electron chi connectivity index (χ0n) is 11.9. The molecule has 0 bridgehead atoms. The third-order valence-electron chi connectivity index (χ3n) is 4.20. The number of likely N-dealkylation sites (N-methyl/N-ethyl adjacent to an activating group) is 1. The topological polar surface area (TPSA) is 25.2 Å². The summed E-state index contributed by atoms with van der Waals surface area (Å²) in [6.45, 7) is 0. The minimum atomic E-state index is 0.216. The third-order valence-corrected chi connectivity index (χ3v) is 5.41. The fourth-order valence-corrected chi connectivity index (χ4v) is 4.45. The first-order valence-electron chi connectivity index (χ1n) is 7.24. The van der Waals surface area contributed by atoms with Crippen molar-refractivity contribution in [1.82, 2.24) is 5.32 Å². The minimum Gasteiger partial charge on any atom is -0.459 e. The Balaban J connectivity index is 1.75. The van der Waals surface area contributed by atoms with E-state index in [9.17, 15) is 0 Å².